The van der Waals surface area contributed by atoms with Crippen LogP contribution in [0, 0.1) is 0 Å². The fourth-order valence-corrected chi connectivity index (χ4v) is 3.08. The number of nitrogens with one attached hydrogen (secondary N) is 1. The molecule has 2 aromatic carbocycles. The van der Waals surface area contributed by atoms with Crippen molar-refractivity contribution in [2.75, 3.05) is 5.43 Å². The van der Waals surface area contributed by atoms with Gasteiger partial charge in [0.1, 0.15) is 0 Å². The van der Waals surface area contributed by atoms with Crippen molar-refractivity contribution in [3.8, 4) is 40.1 Å². The summed E-state index contributed by atoms with van der Waals surface area (Å²) in [5.74, 6) is 0.489. The molecule has 5 aromatic rings. The Kier molecular flexibility index (Phi) is 5.15. The molecule has 156 valence electrons. The van der Waals surface area contributed by atoms with Crippen molar-refractivity contribution >= 4 is 12.2 Å². The number of hydrazone groups is 1. The summed E-state index contributed by atoms with van der Waals surface area (Å²) in [6.07, 6.45) is 2.82. The predicted octanol–water partition coefficient (Wildman–Crippen LogP) is 5.21. The first-order valence-electron chi connectivity index (χ1n) is 9.79. The maximum absolute atomic E-state index is 9.99. The molecule has 0 bridgehead atoms. The highest BCUT2D eigenvalue weighted by Crippen LogP contribution is 2.26. The van der Waals surface area contributed by atoms with Crippen molar-refractivity contribution in [1.82, 2.24) is 15.0 Å². The van der Waals surface area contributed by atoms with Gasteiger partial charge in [-0.2, -0.15) is 5.10 Å². The maximum atomic E-state index is 9.99. The molecular formula is C24H17N5O3. The molecule has 5 rings (SSSR count). The number of hydrogen-bond acceptors (Lipinski definition) is 8. The lowest BCUT2D eigenvalue weighted by molar-refractivity contribution is 0.333. The van der Waals surface area contributed by atoms with Gasteiger partial charge in [-0.05, 0) is 18.2 Å². The second kappa shape index (κ2) is 8.57. The van der Waals surface area contributed by atoms with E-state index in [1.807, 2.05) is 66.7 Å². The van der Waals surface area contributed by atoms with Gasteiger partial charge < -0.3 is 13.9 Å². The summed E-state index contributed by atoms with van der Waals surface area (Å²) < 4.78 is 10.4. The van der Waals surface area contributed by atoms with Crippen LogP contribution in [0.25, 0.3) is 34.2 Å². The third kappa shape index (κ3) is 4.10. The Morgan fingerprint density at radius 2 is 1.47 bits per heavy atom. The van der Waals surface area contributed by atoms with Crippen LogP contribution in [0.2, 0.25) is 0 Å². The zero-order valence-corrected chi connectivity index (χ0v) is 16.7. The van der Waals surface area contributed by atoms with Crippen LogP contribution >= 0.6 is 0 Å². The molecule has 0 fully saturated rings. The average Bonchev–Trinajstić information content (AvgIpc) is 3.50. The highest BCUT2D eigenvalue weighted by molar-refractivity contribution is 5.81. The lowest BCUT2D eigenvalue weighted by Gasteiger charge is -2.08. The third-order valence-electron chi connectivity index (χ3n) is 4.58. The van der Waals surface area contributed by atoms with Gasteiger partial charge in [-0.25, -0.2) is 20.4 Å². The SMILES string of the molecule is Oc1oc(-c2ccco2)nc1/C=N/Nc1nc(-c2ccccc2)cc(-c2ccccc2)n1. The number of anilines is 1. The van der Waals surface area contributed by atoms with E-state index in [9.17, 15) is 5.11 Å². The van der Waals surface area contributed by atoms with Crippen LogP contribution in [0.15, 0.2) is 99.1 Å². The smallest absolute Gasteiger partial charge is 0.312 e. The Morgan fingerprint density at radius 3 is 2.06 bits per heavy atom. The normalized spacial score (nSPS) is 11.1. The molecule has 0 amide bonds. The van der Waals surface area contributed by atoms with Crippen LogP contribution in [0.4, 0.5) is 5.95 Å². The largest absolute Gasteiger partial charge is 0.479 e. The molecule has 0 aliphatic rings. The number of rotatable bonds is 6. The Morgan fingerprint density at radius 1 is 0.812 bits per heavy atom. The molecule has 0 unspecified atom stereocenters. The molecule has 0 atom stereocenters. The fourth-order valence-electron chi connectivity index (χ4n) is 3.08. The fraction of sp³-hybridized carbons (Fsp3) is 0. The third-order valence-corrected chi connectivity index (χ3v) is 4.58. The lowest BCUT2D eigenvalue weighted by atomic mass is 10.1. The number of hydrogen-bond donors (Lipinski definition) is 2. The van der Waals surface area contributed by atoms with E-state index in [1.165, 1.54) is 12.5 Å². The van der Waals surface area contributed by atoms with E-state index >= 15 is 0 Å². The minimum Gasteiger partial charge on any atom is -0.479 e. The van der Waals surface area contributed by atoms with Gasteiger partial charge in [0.2, 0.25) is 5.95 Å². The van der Waals surface area contributed by atoms with Gasteiger partial charge in [0, 0.05) is 11.1 Å². The molecule has 0 saturated carbocycles. The lowest BCUT2D eigenvalue weighted by Crippen LogP contribution is -2.00. The molecule has 8 heteroatoms. The van der Waals surface area contributed by atoms with Crippen LogP contribution in [0.3, 0.4) is 0 Å². The van der Waals surface area contributed by atoms with Crippen molar-refractivity contribution in [2.24, 2.45) is 5.10 Å². The van der Waals surface area contributed by atoms with E-state index in [-0.39, 0.29) is 17.5 Å². The molecule has 0 aliphatic carbocycles. The summed E-state index contributed by atoms with van der Waals surface area (Å²) in [5, 5.41) is 14.1. The zero-order valence-electron chi connectivity index (χ0n) is 16.7. The Hall–Kier alpha value is -4.72. The predicted molar refractivity (Wildman–Crippen MR) is 120 cm³/mol. The number of oxazole rings is 1. The molecule has 0 radical (unpaired) electrons. The van der Waals surface area contributed by atoms with Gasteiger partial charge in [-0.15, -0.1) is 0 Å². The zero-order chi connectivity index (χ0) is 21.8. The minimum absolute atomic E-state index is 0.145. The second-order valence-electron chi connectivity index (χ2n) is 6.75. The Balaban J connectivity index is 1.44. The summed E-state index contributed by atoms with van der Waals surface area (Å²) in [7, 11) is 0. The van der Waals surface area contributed by atoms with Crippen molar-refractivity contribution < 1.29 is 13.9 Å². The van der Waals surface area contributed by atoms with Crippen LogP contribution < -0.4 is 5.43 Å². The number of furan rings is 1. The van der Waals surface area contributed by atoms with E-state index in [2.05, 4.69) is 25.5 Å². The van der Waals surface area contributed by atoms with Crippen LogP contribution in [0.1, 0.15) is 5.69 Å². The summed E-state index contributed by atoms with van der Waals surface area (Å²) >= 11 is 0. The molecule has 3 heterocycles. The highest BCUT2D eigenvalue weighted by atomic mass is 16.5. The number of aromatic nitrogens is 3. The van der Waals surface area contributed by atoms with Crippen LogP contribution in [-0.2, 0) is 0 Å². The van der Waals surface area contributed by atoms with Gasteiger partial charge in [-0.1, -0.05) is 60.7 Å². The standard InChI is InChI=1S/C24H17N5O3/c30-23-20(26-22(32-23)21-12-7-13-31-21)15-25-29-24-27-18(16-8-3-1-4-9-16)14-19(28-24)17-10-5-2-6-11-17/h1-15,30H,(H,27,28,29)/b25-15+. The molecule has 32 heavy (non-hydrogen) atoms. The Labute approximate surface area is 182 Å². The van der Waals surface area contributed by atoms with E-state index in [0.717, 1.165) is 22.5 Å². The van der Waals surface area contributed by atoms with Gasteiger partial charge in [0.05, 0.1) is 23.9 Å². The van der Waals surface area contributed by atoms with Crippen LogP contribution in [0.5, 0.6) is 5.95 Å². The molecule has 8 nitrogen and oxygen atoms in total. The molecule has 0 spiro atoms. The van der Waals surface area contributed by atoms with E-state index in [1.54, 1.807) is 12.1 Å². The van der Waals surface area contributed by atoms with Crippen molar-refractivity contribution in [1.29, 1.82) is 0 Å². The average molecular weight is 423 g/mol. The van der Waals surface area contributed by atoms with Gasteiger partial charge in [-0.3, -0.25) is 0 Å². The van der Waals surface area contributed by atoms with Gasteiger partial charge in [0.25, 0.3) is 5.89 Å². The van der Waals surface area contributed by atoms with E-state index < -0.39 is 0 Å². The topological polar surface area (TPSA) is 110 Å². The quantitative estimate of drug-likeness (QED) is 0.285. The first kappa shape index (κ1) is 19.3. The summed E-state index contributed by atoms with van der Waals surface area (Å²) in [5.41, 5.74) is 6.37. The first-order valence-corrected chi connectivity index (χ1v) is 9.79. The van der Waals surface area contributed by atoms with Crippen LogP contribution in [-0.4, -0.2) is 26.3 Å². The van der Waals surface area contributed by atoms with Gasteiger partial charge in [0.15, 0.2) is 11.5 Å². The highest BCUT2D eigenvalue weighted by Gasteiger charge is 2.14. The van der Waals surface area contributed by atoms with Crippen molar-refractivity contribution in [2.45, 2.75) is 0 Å². The summed E-state index contributed by atoms with van der Waals surface area (Å²) in [6.45, 7) is 0. The van der Waals surface area contributed by atoms with Gasteiger partial charge >= 0.3 is 5.95 Å². The molecular weight excluding hydrogens is 406 g/mol. The molecule has 0 saturated heterocycles. The van der Waals surface area contributed by atoms with E-state index in [0.29, 0.717) is 11.7 Å². The summed E-state index contributed by atoms with van der Waals surface area (Å²) in [4.78, 5) is 13.3. The molecule has 0 aliphatic heterocycles. The number of aromatic hydroxyl groups is 1. The second-order valence-corrected chi connectivity index (χ2v) is 6.75. The molecule has 3 aromatic heterocycles. The first-order chi connectivity index (χ1) is 15.8. The molecule has 2 N–H and O–H groups in total. The number of nitrogens with zero attached hydrogens (tertiary/aromatic N) is 4. The summed E-state index contributed by atoms with van der Waals surface area (Å²) in [6, 6.07) is 24.9. The van der Waals surface area contributed by atoms with E-state index in [4.69, 9.17) is 8.83 Å². The maximum Gasteiger partial charge on any atom is 0.312 e. The monoisotopic (exact) mass is 423 g/mol. The van der Waals surface area contributed by atoms with Crippen molar-refractivity contribution in [3.05, 3.63) is 90.8 Å². The van der Waals surface area contributed by atoms with Crippen molar-refractivity contribution in [3.63, 3.8) is 0 Å². The Bertz CT molecular complexity index is 1290. The minimum atomic E-state index is -0.370. The number of benzene rings is 2.